The van der Waals surface area contributed by atoms with E-state index in [1.807, 2.05) is 30.3 Å². The van der Waals surface area contributed by atoms with Crippen LogP contribution in [0.1, 0.15) is 31.7 Å². The highest BCUT2D eigenvalue weighted by atomic mass is 16.5. The van der Waals surface area contributed by atoms with E-state index >= 15 is 0 Å². The molecule has 0 bridgehead atoms. The molecular weight excluding hydrogens is 374 g/mol. The summed E-state index contributed by atoms with van der Waals surface area (Å²) in [5, 5.41) is 2.74. The summed E-state index contributed by atoms with van der Waals surface area (Å²) in [6.07, 6.45) is 2.14. The van der Waals surface area contributed by atoms with E-state index in [0.29, 0.717) is 38.8 Å². The molecule has 0 radical (unpaired) electrons. The Morgan fingerprint density at radius 1 is 1.17 bits per heavy atom. The largest absolute Gasteiger partial charge is 0.469 e. The van der Waals surface area contributed by atoms with E-state index in [4.69, 9.17) is 4.74 Å². The molecule has 0 aliphatic carbocycles. The van der Waals surface area contributed by atoms with Gasteiger partial charge in [0, 0.05) is 13.1 Å². The number of ether oxygens (including phenoxy) is 1. The lowest BCUT2D eigenvalue weighted by molar-refractivity contribution is -0.149. The van der Waals surface area contributed by atoms with Gasteiger partial charge in [0.05, 0.1) is 13.0 Å². The first kappa shape index (κ1) is 20.8. The summed E-state index contributed by atoms with van der Waals surface area (Å²) in [6.45, 7) is 2.23. The molecule has 0 aromatic heterocycles. The van der Waals surface area contributed by atoms with Gasteiger partial charge in [-0.1, -0.05) is 30.3 Å². The molecule has 2 saturated heterocycles. The van der Waals surface area contributed by atoms with Crippen molar-refractivity contribution in [2.45, 2.75) is 38.1 Å². The third kappa shape index (κ3) is 4.58. The van der Waals surface area contributed by atoms with E-state index in [-0.39, 0.29) is 30.2 Å². The Balaban J connectivity index is 1.56. The number of hydrogen-bond donors (Lipinski definition) is 1. The SMILES string of the molecule is COC(=O)C1CCN(C(=O)CN2C(=O)N[C@](C)(CCc3ccccc3)C2=O)CC1. The lowest BCUT2D eigenvalue weighted by Crippen LogP contribution is -2.48. The Morgan fingerprint density at radius 2 is 1.83 bits per heavy atom. The lowest BCUT2D eigenvalue weighted by atomic mass is 9.93. The fourth-order valence-corrected chi connectivity index (χ4v) is 3.87. The topological polar surface area (TPSA) is 96.0 Å². The standard InChI is InChI=1S/C21H27N3O5/c1-21(11-8-15-6-4-3-5-7-15)19(27)24(20(28)22-21)14-17(25)23-12-9-16(10-13-23)18(26)29-2/h3-7,16H,8-14H2,1-2H3,(H,22,28)/t21-/m1/s1. The predicted molar refractivity (Wildman–Crippen MR) is 105 cm³/mol. The maximum Gasteiger partial charge on any atom is 0.325 e. The van der Waals surface area contributed by atoms with E-state index in [0.717, 1.165) is 10.5 Å². The number of amides is 4. The zero-order valence-corrected chi connectivity index (χ0v) is 16.8. The average molecular weight is 401 g/mol. The molecule has 3 rings (SSSR count). The first-order valence-electron chi connectivity index (χ1n) is 9.87. The second-order valence-corrected chi connectivity index (χ2v) is 7.82. The fourth-order valence-electron chi connectivity index (χ4n) is 3.87. The first-order chi connectivity index (χ1) is 13.8. The number of carbonyl (C=O) groups excluding carboxylic acids is 4. The van der Waals surface area contributed by atoms with Crippen LogP contribution in [0.25, 0.3) is 0 Å². The molecule has 1 N–H and O–H groups in total. The van der Waals surface area contributed by atoms with Gasteiger partial charge in [-0.25, -0.2) is 4.79 Å². The van der Waals surface area contributed by atoms with Crippen molar-refractivity contribution < 1.29 is 23.9 Å². The van der Waals surface area contributed by atoms with Crippen molar-refractivity contribution in [3.8, 4) is 0 Å². The molecule has 0 spiro atoms. The van der Waals surface area contributed by atoms with Gasteiger partial charge in [0.25, 0.3) is 5.91 Å². The van der Waals surface area contributed by atoms with Crippen molar-refractivity contribution in [1.29, 1.82) is 0 Å². The molecule has 2 heterocycles. The number of benzene rings is 1. The van der Waals surface area contributed by atoms with E-state index in [2.05, 4.69) is 5.32 Å². The minimum absolute atomic E-state index is 0.206. The second kappa shape index (κ2) is 8.63. The van der Waals surface area contributed by atoms with Crippen molar-refractivity contribution in [3.63, 3.8) is 0 Å². The molecular formula is C21H27N3O5. The summed E-state index contributed by atoms with van der Waals surface area (Å²) in [4.78, 5) is 52.1. The zero-order chi connectivity index (χ0) is 21.0. The number of likely N-dealkylation sites (tertiary alicyclic amines) is 1. The highest BCUT2D eigenvalue weighted by molar-refractivity contribution is 6.08. The van der Waals surface area contributed by atoms with Crippen LogP contribution in [0.4, 0.5) is 4.79 Å². The van der Waals surface area contributed by atoms with Gasteiger partial charge in [0.1, 0.15) is 12.1 Å². The molecule has 4 amide bonds. The summed E-state index contributed by atoms with van der Waals surface area (Å²) in [6, 6.07) is 9.20. The third-order valence-electron chi connectivity index (χ3n) is 5.78. The molecule has 0 unspecified atom stereocenters. The van der Waals surface area contributed by atoms with Gasteiger partial charge in [-0.3, -0.25) is 19.3 Å². The number of rotatable bonds is 6. The summed E-state index contributed by atoms with van der Waals surface area (Å²) < 4.78 is 4.75. The van der Waals surface area contributed by atoms with Crippen LogP contribution >= 0.6 is 0 Å². The molecule has 2 aliphatic rings. The number of aryl methyl sites for hydroxylation is 1. The average Bonchev–Trinajstić information content (AvgIpc) is 2.96. The maximum atomic E-state index is 12.9. The van der Waals surface area contributed by atoms with E-state index in [9.17, 15) is 19.2 Å². The molecule has 1 aromatic rings. The van der Waals surface area contributed by atoms with Crippen molar-refractivity contribution in [2.75, 3.05) is 26.7 Å². The number of hydrogen-bond acceptors (Lipinski definition) is 5. The van der Waals surface area contributed by atoms with Gasteiger partial charge in [0.2, 0.25) is 5.91 Å². The second-order valence-electron chi connectivity index (χ2n) is 7.82. The lowest BCUT2D eigenvalue weighted by Gasteiger charge is -2.31. The highest BCUT2D eigenvalue weighted by Gasteiger charge is 2.48. The molecule has 2 aliphatic heterocycles. The normalized spacial score (nSPS) is 22.6. The van der Waals surface area contributed by atoms with Crippen LogP contribution in [0.15, 0.2) is 30.3 Å². The van der Waals surface area contributed by atoms with Crippen LogP contribution < -0.4 is 5.32 Å². The molecule has 8 nitrogen and oxygen atoms in total. The van der Waals surface area contributed by atoms with E-state index in [1.165, 1.54) is 7.11 Å². The van der Waals surface area contributed by atoms with Crippen molar-refractivity contribution in [1.82, 2.24) is 15.1 Å². The summed E-state index contributed by atoms with van der Waals surface area (Å²) in [5.41, 5.74) is 0.0595. The number of methoxy groups -OCH3 is 1. The molecule has 156 valence electrons. The summed E-state index contributed by atoms with van der Waals surface area (Å²) >= 11 is 0. The monoisotopic (exact) mass is 401 g/mol. The third-order valence-corrected chi connectivity index (χ3v) is 5.78. The van der Waals surface area contributed by atoms with Gasteiger partial charge in [-0.05, 0) is 38.2 Å². The van der Waals surface area contributed by atoms with E-state index < -0.39 is 11.6 Å². The molecule has 2 fully saturated rings. The number of piperidine rings is 1. The van der Waals surface area contributed by atoms with Gasteiger partial charge < -0.3 is 15.0 Å². The van der Waals surface area contributed by atoms with Crippen molar-refractivity contribution in [2.24, 2.45) is 5.92 Å². The Morgan fingerprint density at radius 3 is 2.45 bits per heavy atom. The molecule has 29 heavy (non-hydrogen) atoms. The van der Waals surface area contributed by atoms with Gasteiger partial charge >= 0.3 is 12.0 Å². The van der Waals surface area contributed by atoms with Crippen LogP contribution in [-0.4, -0.2) is 65.9 Å². The zero-order valence-electron chi connectivity index (χ0n) is 16.8. The number of imide groups is 1. The molecule has 8 heteroatoms. The molecule has 1 atom stereocenters. The quantitative estimate of drug-likeness (QED) is 0.573. The number of nitrogens with zero attached hydrogens (tertiary/aromatic N) is 2. The number of urea groups is 1. The fraction of sp³-hybridized carbons (Fsp3) is 0.524. The van der Waals surface area contributed by atoms with E-state index in [1.54, 1.807) is 11.8 Å². The maximum absolute atomic E-state index is 12.9. The Hall–Kier alpha value is -2.90. The summed E-state index contributed by atoms with van der Waals surface area (Å²) in [7, 11) is 1.35. The highest BCUT2D eigenvalue weighted by Crippen LogP contribution is 2.24. The van der Waals surface area contributed by atoms with Gasteiger partial charge in [-0.15, -0.1) is 0 Å². The minimum atomic E-state index is -1.02. The first-order valence-corrected chi connectivity index (χ1v) is 9.87. The van der Waals surface area contributed by atoms with Crippen LogP contribution in [0.2, 0.25) is 0 Å². The van der Waals surface area contributed by atoms with Crippen LogP contribution in [-0.2, 0) is 25.5 Å². The summed E-state index contributed by atoms with van der Waals surface area (Å²) in [5.74, 6) is -1.14. The van der Waals surface area contributed by atoms with Crippen LogP contribution in [0, 0.1) is 5.92 Å². The van der Waals surface area contributed by atoms with Gasteiger partial charge in [0.15, 0.2) is 0 Å². The molecule has 1 aromatic carbocycles. The molecule has 0 saturated carbocycles. The number of nitrogens with one attached hydrogen (secondary N) is 1. The van der Waals surface area contributed by atoms with Gasteiger partial charge in [-0.2, -0.15) is 0 Å². The van der Waals surface area contributed by atoms with Crippen molar-refractivity contribution >= 4 is 23.8 Å². The Bertz CT molecular complexity index is 789. The van der Waals surface area contributed by atoms with Crippen LogP contribution in [0.5, 0.6) is 0 Å². The minimum Gasteiger partial charge on any atom is -0.469 e. The van der Waals surface area contributed by atoms with Crippen molar-refractivity contribution in [3.05, 3.63) is 35.9 Å². The number of esters is 1. The Kier molecular flexibility index (Phi) is 6.20. The smallest absolute Gasteiger partial charge is 0.325 e. The number of carbonyl (C=O) groups is 4. The van der Waals surface area contributed by atoms with Crippen LogP contribution in [0.3, 0.4) is 0 Å². The predicted octanol–water partition coefficient (Wildman–Crippen LogP) is 1.34. The Labute approximate surface area is 170 Å².